The van der Waals surface area contributed by atoms with Crippen LogP contribution in [0.2, 0.25) is 5.02 Å². The fourth-order valence-electron chi connectivity index (χ4n) is 2.27. The third kappa shape index (κ3) is 4.48. The van der Waals surface area contributed by atoms with Gasteiger partial charge in [0.2, 0.25) is 0 Å². The van der Waals surface area contributed by atoms with Gasteiger partial charge in [0.15, 0.2) is 0 Å². The summed E-state index contributed by atoms with van der Waals surface area (Å²) in [6, 6.07) is 6.78. The molecule has 3 rings (SSSR count). The normalized spacial score (nSPS) is 10.3. The van der Waals surface area contributed by atoms with E-state index in [9.17, 15) is 4.79 Å². The summed E-state index contributed by atoms with van der Waals surface area (Å²) in [5.74, 6) is 1.66. The van der Waals surface area contributed by atoms with Crippen LogP contribution < -0.4 is 20.1 Å². The van der Waals surface area contributed by atoms with E-state index in [0.717, 1.165) is 5.76 Å². The van der Waals surface area contributed by atoms with Gasteiger partial charge in [-0.15, -0.1) is 0 Å². The van der Waals surface area contributed by atoms with Gasteiger partial charge in [-0.1, -0.05) is 11.6 Å². The van der Waals surface area contributed by atoms with Gasteiger partial charge in [-0.2, -0.15) is 0 Å². The quantitative estimate of drug-likeness (QED) is 0.637. The Morgan fingerprint density at radius 2 is 2.00 bits per heavy atom. The van der Waals surface area contributed by atoms with E-state index >= 15 is 0 Å². The second kappa shape index (κ2) is 8.41. The van der Waals surface area contributed by atoms with Crippen molar-refractivity contribution >= 4 is 29.0 Å². The summed E-state index contributed by atoms with van der Waals surface area (Å²) >= 11 is 6.06. The Balaban J connectivity index is 1.69. The monoisotopic (exact) mass is 388 g/mol. The molecule has 0 saturated carbocycles. The summed E-state index contributed by atoms with van der Waals surface area (Å²) < 4.78 is 15.6. The van der Waals surface area contributed by atoms with Gasteiger partial charge >= 0.3 is 0 Å². The van der Waals surface area contributed by atoms with E-state index in [1.807, 2.05) is 6.07 Å². The van der Waals surface area contributed by atoms with E-state index in [-0.39, 0.29) is 5.69 Å². The highest BCUT2D eigenvalue weighted by atomic mass is 35.5. The van der Waals surface area contributed by atoms with Gasteiger partial charge in [-0.3, -0.25) is 4.79 Å². The molecule has 2 heterocycles. The van der Waals surface area contributed by atoms with Crippen molar-refractivity contribution < 1.29 is 18.7 Å². The molecule has 1 amide bonds. The number of benzene rings is 1. The first-order chi connectivity index (χ1) is 13.1. The molecule has 0 unspecified atom stereocenters. The first kappa shape index (κ1) is 18.5. The summed E-state index contributed by atoms with van der Waals surface area (Å²) in [5, 5.41) is 6.14. The van der Waals surface area contributed by atoms with Crippen molar-refractivity contribution in [2.75, 3.05) is 24.9 Å². The van der Waals surface area contributed by atoms with E-state index in [2.05, 4.69) is 20.6 Å². The number of furan rings is 1. The predicted octanol–water partition coefficient (Wildman–Crippen LogP) is 3.60. The van der Waals surface area contributed by atoms with E-state index in [1.165, 1.54) is 26.6 Å². The lowest BCUT2D eigenvalue weighted by molar-refractivity contribution is 0.102. The summed E-state index contributed by atoms with van der Waals surface area (Å²) in [6.07, 6.45) is 4.44. The number of nitrogens with zero attached hydrogens (tertiary/aromatic N) is 2. The molecule has 2 N–H and O–H groups in total. The van der Waals surface area contributed by atoms with Crippen LogP contribution in [0.5, 0.6) is 11.5 Å². The minimum absolute atomic E-state index is 0.148. The Hall–Kier alpha value is -3.26. The Kier molecular flexibility index (Phi) is 5.77. The van der Waals surface area contributed by atoms with E-state index in [1.54, 1.807) is 24.5 Å². The van der Waals surface area contributed by atoms with Crippen LogP contribution in [-0.2, 0) is 6.54 Å². The Labute approximate surface area is 160 Å². The first-order valence-electron chi connectivity index (χ1n) is 7.92. The van der Waals surface area contributed by atoms with Crippen LogP contribution in [0.3, 0.4) is 0 Å². The fourth-order valence-corrected chi connectivity index (χ4v) is 2.50. The molecule has 0 aliphatic rings. The van der Waals surface area contributed by atoms with E-state index in [0.29, 0.717) is 34.6 Å². The Bertz CT molecular complexity index is 914. The van der Waals surface area contributed by atoms with Crippen molar-refractivity contribution in [3.05, 3.63) is 59.4 Å². The van der Waals surface area contributed by atoms with Crippen LogP contribution in [0.15, 0.2) is 47.3 Å². The molecule has 0 radical (unpaired) electrons. The highest BCUT2D eigenvalue weighted by molar-refractivity contribution is 6.32. The summed E-state index contributed by atoms with van der Waals surface area (Å²) in [6.45, 7) is 0.467. The average molecular weight is 389 g/mol. The topological polar surface area (TPSA) is 98.5 Å². The van der Waals surface area contributed by atoms with Gasteiger partial charge in [-0.25, -0.2) is 9.97 Å². The number of ether oxygens (including phenoxy) is 2. The van der Waals surface area contributed by atoms with Crippen molar-refractivity contribution in [3.63, 3.8) is 0 Å². The van der Waals surface area contributed by atoms with Crippen molar-refractivity contribution in [1.29, 1.82) is 0 Å². The number of methoxy groups -OCH3 is 2. The third-order valence-corrected chi connectivity index (χ3v) is 3.93. The summed E-state index contributed by atoms with van der Waals surface area (Å²) in [5.41, 5.74) is 0.556. The third-order valence-electron chi connectivity index (χ3n) is 3.63. The average Bonchev–Trinajstić information content (AvgIpc) is 3.21. The number of rotatable bonds is 7. The number of anilines is 2. The molecule has 2 aromatic heterocycles. The molecular formula is C18H17ClN4O4. The number of aromatic nitrogens is 2. The van der Waals surface area contributed by atoms with Gasteiger partial charge < -0.3 is 24.5 Å². The predicted molar refractivity (Wildman–Crippen MR) is 101 cm³/mol. The van der Waals surface area contributed by atoms with Crippen molar-refractivity contribution in [3.8, 4) is 11.5 Å². The maximum Gasteiger partial charge on any atom is 0.275 e. The largest absolute Gasteiger partial charge is 0.495 e. The van der Waals surface area contributed by atoms with Crippen LogP contribution >= 0.6 is 11.6 Å². The van der Waals surface area contributed by atoms with Crippen molar-refractivity contribution in [2.24, 2.45) is 0 Å². The minimum Gasteiger partial charge on any atom is -0.495 e. The number of carbonyl (C=O) groups excluding carboxylic acids is 1. The SMILES string of the molecule is COc1cc(NC(=O)c2cnc(NCc3ccco3)cn2)c(OC)cc1Cl. The number of amides is 1. The van der Waals surface area contributed by atoms with Gasteiger partial charge in [0.1, 0.15) is 28.8 Å². The number of nitrogens with one attached hydrogen (secondary N) is 2. The van der Waals surface area contributed by atoms with Crippen LogP contribution in [0.4, 0.5) is 11.5 Å². The molecular weight excluding hydrogens is 372 g/mol. The summed E-state index contributed by atoms with van der Waals surface area (Å²) in [4.78, 5) is 20.7. The summed E-state index contributed by atoms with van der Waals surface area (Å²) in [7, 11) is 2.96. The molecule has 8 nitrogen and oxygen atoms in total. The van der Waals surface area contributed by atoms with Crippen molar-refractivity contribution in [1.82, 2.24) is 9.97 Å². The number of hydrogen-bond acceptors (Lipinski definition) is 7. The number of hydrogen-bond donors (Lipinski definition) is 2. The molecule has 140 valence electrons. The smallest absolute Gasteiger partial charge is 0.275 e. The lowest BCUT2D eigenvalue weighted by Gasteiger charge is -2.13. The minimum atomic E-state index is -0.442. The van der Waals surface area contributed by atoms with E-state index < -0.39 is 5.91 Å². The van der Waals surface area contributed by atoms with E-state index in [4.69, 9.17) is 25.5 Å². The second-order valence-corrected chi connectivity index (χ2v) is 5.77. The molecule has 1 aromatic carbocycles. The molecule has 0 aliphatic heterocycles. The molecule has 0 aliphatic carbocycles. The van der Waals surface area contributed by atoms with Gasteiger partial charge in [-0.05, 0) is 12.1 Å². The number of carbonyl (C=O) groups is 1. The Morgan fingerprint density at radius 1 is 1.19 bits per heavy atom. The van der Waals surface area contributed by atoms with Crippen LogP contribution in [0.1, 0.15) is 16.2 Å². The molecule has 0 spiro atoms. The second-order valence-electron chi connectivity index (χ2n) is 5.36. The fraction of sp³-hybridized carbons (Fsp3) is 0.167. The van der Waals surface area contributed by atoms with Gasteiger partial charge in [0, 0.05) is 12.1 Å². The molecule has 0 atom stereocenters. The molecule has 27 heavy (non-hydrogen) atoms. The molecule has 9 heteroatoms. The first-order valence-corrected chi connectivity index (χ1v) is 8.29. The van der Waals surface area contributed by atoms with Gasteiger partial charge in [0.25, 0.3) is 5.91 Å². The molecule has 3 aromatic rings. The lowest BCUT2D eigenvalue weighted by atomic mass is 10.2. The zero-order valence-corrected chi connectivity index (χ0v) is 15.4. The molecule has 0 bridgehead atoms. The zero-order valence-electron chi connectivity index (χ0n) is 14.7. The highest BCUT2D eigenvalue weighted by Crippen LogP contribution is 2.36. The van der Waals surface area contributed by atoms with Crippen LogP contribution in [0.25, 0.3) is 0 Å². The van der Waals surface area contributed by atoms with Gasteiger partial charge in [0.05, 0.1) is 50.1 Å². The lowest BCUT2D eigenvalue weighted by Crippen LogP contribution is -2.15. The molecule has 0 saturated heterocycles. The standard InChI is InChI=1S/C18H17ClN4O4/c1-25-15-7-13(16(26-2)6-12(15)19)23-18(24)14-9-22-17(10-20-14)21-8-11-4-3-5-27-11/h3-7,9-10H,8H2,1-2H3,(H,21,22)(H,23,24). The molecule has 0 fully saturated rings. The maximum absolute atomic E-state index is 12.4. The van der Waals surface area contributed by atoms with Crippen LogP contribution in [0, 0.1) is 0 Å². The highest BCUT2D eigenvalue weighted by Gasteiger charge is 2.15. The Morgan fingerprint density at radius 3 is 2.63 bits per heavy atom. The zero-order chi connectivity index (χ0) is 19.2. The van der Waals surface area contributed by atoms with Crippen LogP contribution in [-0.4, -0.2) is 30.1 Å². The van der Waals surface area contributed by atoms with Crippen molar-refractivity contribution in [2.45, 2.75) is 6.54 Å². The number of halogens is 1. The maximum atomic E-state index is 12.4.